The van der Waals surface area contributed by atoms with Crippen molar-refractivity contribution in [3.05, 3.63) is 121 Å². The van der Waals surface area contributed by atoms with Gasteiger partial charge in [-0.3, -0.25) is 14.5 Å². The molecule has 8 heteroatoms. The lowest BCUT2D eigenvalue weighted by Gasteiger charge is -2.36. The molecule has 1 heterocycles. The Morgan fingerprint density at radius 2 is 1.12 bits per heavy atom. The van der Waals surface area contributed by atoms with Crippen molar-refractivity contribution < 1.29 is 28.7 Å². The van der Waals surface area contributed by atoms with Gasteiger partial charge in [0.25, 0.3) is 5.78 Å². The molecule has 0 radical (unpaired) electrons. The van der Waals surface area contributed by atoms with Crippen LogP contribution in [-0.4, -0.2) is 48.2 Å². The SMILES string of the molecule is CCOC(=O)C(C(C(=O)OCC)N1C(=O)C(=O)c2ccccc21)=P(c1ccccc1)(c1ccccc1)c1ccccc1. The number of ketones is 1. The van der Waals surface area contributed by atoms with Gasteiger partial charge in [0, 0.05) is 0 Å². The first-order valence-electron chi connectivity index (χ1n) is 13.7. The standard InChI is InChI=1S/C34H30NO6P/c1-3-40-33(38)29(35-28-23-15-14-22-27(28)30(36)32(35)37)31(34(39)41-4-2)42(24-16-8-5-9-17-24,25-18-10-6-11-19-25)26-20-12-7-13-21-26/h5-23,29H,3-4H2,1-2H3. The summed E-state index contributed by atoms with van der Waals surface area (Å²) in [5.41, 5.74) is 0.391. The van der Waals surface area contributed by atoms with Crippen LogP contribution in [0.3, 0.4) is 0 Å². The normalized spacial score (nSPS) is 13.3. The molecule has 5 rings (SSSR count). The first kappa shape index (κ1) is 28.8. The number of ether oxygens (including phenoxy) is 2. The zero-order chi connectivity index (χ0) is 29.7. The number of rotatable bonds is 9. The fourth-order valence-electron chi connectivity index (χ4n) is 5.48. The van der Waals surface area contributed by atoms with E-state index in [0.29, 0.717) is 0 Å². The van der Waals surface area contributed by atoms with E-state index in [9.17, 15) is 19.2 Å². The fourth-order valence-corrected chi connectivity index (χ4v) is 10.00. The number of anilines is 1. The molecule has 212 valence electrons. The van der Waals surface area contributed by atoms with E-state index in [0.717, 1.165) is 20.8 Å². The Hall–Kier alpha value is -4.74. The van der Waals surface area contributed by atoms with Crippen molar-refractivity contribution in [2.45, 2.75) is 19.9 Å². The van der Waals surface area contributed by atoms with E-state index >= 15 is 0 Å². The van der Waals surface area contributed by atoms with Gasteiger partial charge in [0.05, 0.1) is 29.8 Å². The summed E-state index contributed by atoms with van der Waals surface area (Å²) < 4.78 is 11.3. The van der Waals surface area contributed by atoms with E-state index in [1.54, 1.807) is 32.0 Å². The van der Waals surface area contributed by atoms with Gasteiger partial charge in [0.1, 0.15) is 0 Å². The van der Waals surface area contributed by atoms with Crippen molar-refractivity contribution in [2.75, 3.05) is 18.1 Å². The topological polar surface area (TPSA) is 90.0 Å². The number of fused-ring (bicyclic) bond motifs is 1. The molecular formula is C34H30NO6P. The van der Waals surface area contributed by atoms with Crippen molar-refractivity contribution in [1.29, 1.82) is 0 Å². The molecule has 1 amide bonds. The number of hydrogen-bond acceptors (Lipinski definition) is 6. The summed E-state index contributed by atoms with van der Waals surface area (Å²) >= 11 is 0. The molecule has 42 heavy (non-hydrogen) atoms. The van der Waals surface area contributed by atoms with Gasteiger partial charge >= 0.3 is 17.8 Å². The van der Waals surface area contributed by atoms with Gasteiger partial charge in [-0.1, -0.05) is 103 Å². The Bertz CT molecular complexity index is 1580. The molecule has 1 unspecified atom stereocenters. The van der Waals surface area contributed by atoms with Gasteiger partial charge in [0.2, 0.25) is 0 Å². The highest BCUT2D eigenvalue weighted by molar-refractivity contribution is 7.96. The number of Topliss-reactive ketones (excluding diaryl/α,β-unsaturated/α-hetero) is 1. The number of nitrogens with zero attached hydrogens (tertiary/aromatic N) is 1. The van der Waals surface area contributed by atoms with Gasteiger partial charge in [-0.25, -0.2) is 9.59 Å². The molecular weight excluding hydrogens is 549 g/mol. The Kier molecular flexibility index (Phi) is 8.51. The van der Waals surface area contributed by atoms with Crippen LogP contribution in [-0.2, 0) is 23.9 Å². The molecule has 0 bridgehead atoms. The first-order chi connectivity index (χ1) is 20.5. The largest absolute Gasteiger partial charge is 0.464 e. The van der Waals surface area contributed by atoms with Gasteiger partial charge in [-0.05, 0) is 48.8 Å². The molecule has 1 aliphatic heterocycles. The second-order valence-electron chi connectivity index (χ2n) is 9.46. The quantitative estimate of drug-likeness (QED) is 0.170. The number of para-hydroxylation sites is 1. The Morgan fingerprint density at radius 1 is 0.667 bits per heavy atom. The van der Waals surface area contributed by atoms with Gasteiger partial charge in [-0.15, -0.1) is 0 Å². The van der Waals surface area contributed by atoms with Crippen LogP contribution >= 0.6 is 6.89 Å². The molecule has 1 atom stereocenters. The number of benzene rings is 4. The van der Waals surface area contributed by atoms with Crippen LogP contribution in [0.1, 0.15) is 24.2 Å². The maximum absolute atomic E-state index is 14.5. The zero-order valence-electron chi connectivity index (χ0n) is 23.3. The highest BCUT2D eigenvalue weighted by atomic mass is 31.2. The number of carbonyl (C=O) groups excluding carboxylic acids is 4. The van der Waals surface area contributed by atoms with Gasteiger partial charge < -0.3 is 9.47 Å². The van der Waals surface area contributed by atoms with E-state index in [1.165, 1.54) is 6.07 Å². The summed E-state index contributed by atoms with van der Waals surface area (Å²) in [7, 11) is 0. The highest BCUT2D eigenvalue weighted by Crippen LogP contribution is 2.48. The third-order valence-corrected chi connectivity index (χ3v) is 11.5. The van der Waals surface area contributed by atoms with Crippen LogP contribution in [0.5, 0.6) is 0 Å². The third-order valence-electron chi connectivity index (χ3n) is 7.12. The number of esters is 2. The number of hydrogen-bond donors (Lipinski definition) is 0. The van der Waals surface area contributed by atoms with Gasteiger partial charge in [-0.2, -0.15) is 0 Å². The van der Waals surface area contributed by atoms with Crippen LogP contribution in [0.15, 0.2) is 115 Å². The summed E-state index contributed by atoms with van der Waals surface area (Å²) in [5.74, 6) is -3.25. The molecule has 4 aromatic rings. The van der Waals surface area contributed by atoms with Crippen LogP contribution < -0.4 is 20.8 Å². The minimum Gasteiger partial charge on any atom is -0.464 e. The molecule has 0 spiro atoms. The minimum absolute atomic E-state index is 0.00345. The lowest BCUT2D eigenvalue weighted by molar-refractivity contribution is -0.145. The molecule has 0 N–H and O–H groups in total. The van der Waals surface area contributed by atoms with Crippen molar-refractivity contribution in [1.82, 2.24) is 0 Å². The van der Waals surface area contributed by atoms with E-state index in [2.05, 4.69) is 0 Å². The molecule has 7 nitrogen and oxygen atoms in total. The summed E-state index contributed by atoms with van der Waals surface area (Å²) in [5, 5.41) is 2.35. The molecule has 0 saturated heterocycles. The summed E-state index contributed by atoms with van der Waals surface area (Å²) in [6.07, 6.45) is 0. The number of carbonyl (C=O) groups is 4. The Labute approximate surface area is 244 Å². The molecule has 0 aromatic heterocycles. The van der Waals surface area contributed by atoms with E-state index in [-0.39, 0.29) is 29.8 Å². The first-order valence-corrected chi connectivity index (χ1v) is 15.5. The van der Waals surface area contributed by atoms with E-state index in [1.807, 2.05) is 91.0 Å². The molecule has 0 aliphatic carbocycles. The van der Waals surface area contributed by atoms with Crippen molar-refractivity contribution in [3.8, 4) is 0 Å². The van der Waals surface area contributed by atoms with Crippen molar-refractivity contribution >= 4 is 57.4 Å². The van der Waals surface area contributed by atoms with E-state index < -0.39 is 36.6 Å². The second-order valence-corrected chi connectivity index (χ2v) is 12.8. The van der Waals surface area contributed by atoms with Crippen LogP contribution in [0.25, 0.3) is 0 Å². The van der Waals surface area contributed by atoms with Crippen molar-refractivity contribution in [2.24, 2.45) is 0 Å². The van der Waals surface area contributed by atoms with Crippen LogP contribution in [0.4, 0.5) is 5.69 Å². The molecule has 4 aromatic carbocycles. The predicted molar refractivity (Wildman–Crippen MR) is 165 cm³/mol. The zero-order valence-corrected chi connectivity index (χ0v) is 24.2. The van der Waals surface area contributed by atoms with Crippen molar-refractivity contribution in [3.63, 3.8) is 0 Å². The average molecular weight is 580 g/mol. The lowest BCUT2D eigenvalue weighted by Crippen LogP contribution is -2.55. The predicted octanol–water partition coefficient (Wildman–Crippen LogP) is 3.88. The molecule has 0 saturated carbocycles. The summed E-state index contributed by atoms with van der Waals surface area (Å²) in [4.78, 5) is 56.7. The maximum Gasteiger partial charge on any atom is 0.337 e. The smallest absolute Gasteiger partial charge is 0.337 e. The summed E-state index contributed by atoms with van der Waals surface area (Å²) in [6.45, 7) is 0.100. The summed E-state index contributed by atoms with van der Waals surface area (Å²) in [6, 6.07) is 33.2. The Balaban J connectivity index is 2.04. The fraction of sp³-hybridized carbons (Fsp3) is 0.147. The highest BCUT2D eigenvalue weighted by Gasteiger charge is 2.50. The third kappa shape index (κ3) is 4.86. The number of amides is 1. The Morgan fingerprint density at radius 3 is 1.60 bits per heavy atom. The van der Waals surface area contributed by atoms with Crippen LogP contribution in [0, 0.1) is 0 Å². The second kappa shape index (κ2) is 12.4. The minimum atomic E-state index is -3.26. The van der Waals surface area contributed by atoms with Gasteiger partial charge in [0.15, 0.2) is 6.04 Å². The van der Waals surface area contributed by atoms with E-state index in [4.69, 9.17) is 9.47 Å². The monoisotopic (exact) mass is 579 g/mol. The van der Waals surface area contributed by atoms with Crippen LogP contribution in [0.2, 0.25) is 0 Å². The molecule has 1 aliphatic rings. The average Bonchev–Trinajstić information content (AvgIpc) is 3.28. The maximum atomic E-state index is 14.5. The lowest BCUT2D eigenvalue weighted by atomic mass is 10.1. The molecule has 0 fully saturated rings.